The van der Waals surface area contributed by atoms with Crippen LogP contribution in [0.25, 0.3) is 22.4 Å². The van der Waals surface area contributed by atoms with Crippen LogP contribution in [0, 0.1) is 0 Å². The molecule has 0 radical (unpaired) electrons. The largest absolute Gasteiger partial charge is 0.480 e. The fourth-order valence-corrected chi connectivity index (χ4v) is 5.49. The second-order valence-corrected chi connectivity index (χ2v) is 10.6. The van der Waals surface area contributed by atoms with Crippen molar-refractivity contribution < 1.29 is 14.7 Å². The highest BCUT2D eigenvalue weighted by Gasteiger charge is 2.21. The Morgan fingerprint density at radius 1 is 0.805 bits per heavy atom. The van der Waals surface area contributed by atoms with Gasteiger partial charge in [-0.1, -0.05) is 97.1 Å². The van der Waals surface area contributed by atoms with E-state index in [1.54, 1.807) is 23.5 Å². The minimum absolute atomic E-state index is 0.221. The summed E-state index contributed by atoms with van der Waals surface area (Å²) in [6.07, 6.45) is 0.221. The Labute approximate surface area is 244 Å². The van der Waals surface area contributed by atoms with E-state index in [1.807, 2.05) is 60.7 Å². The number of hydrogen-bond donors (Lipinski definition) is 2. The Bertz CT molecular complexity index is 1580. The van der Waals surface area contributed by atoms with Gasteiger partial charge in [-0.3, -0.25) is 4.79 Å². The van der Waals surface area contributed by atoms with Gasteiger partial charge in [0.2, 0.25) is 0 Å². The number of amides is 1. The SMILES string of the molecule is CCN(Cc1ccc(C(=O)NC(Cc2ccccc2)C(=O)O)cc1)c1nc(-c2ccc(-c3ccccc3)cc2)cs1. The van der Waals surface area contributed by atoms with E-state index in [0.29, 0.717) is 12.1 Å². The maximum Gasteiger partial charge on any atom is 0.326 e. The normalized spacial score (nSPS) is 11.5. The van der Waals surface area contributed by atoms with Gasteiger partial charge in [0.1, 0.15) is 6.04 Å². The number of aromatic nitrogens is 1. The highest BCUT2D eigenvalue weighted by Crippen LogP contribution is 2.30. The van der Waals surface area contributed by atoms with Gasteiger partial charge in [-0.25, -0.2) is 9.78 Å². The maximum atomic E-state index is 12.8. The predicted molar refractivity (Wildman–Crippen MR) is 165 cm³/mol. The van der Waals surface area contributed by atoms with Crippen LogP contribution in [0.3, 0.4) is 0 Å². The van der Waals surface area contributed by atoms with Crippen molar-refractivity contribution in [1.29, 1.82) is 0 Å². The zero-order valence-corrected chi connectivity index (χ0v) is 23.6. The van der Waals surface area contributed by atoms with Crippen molar-refractivity contribution in [3.8, 4) is 22.4 Å². The summed E-state index contributed by atoms with van der Waals surface area (Å²) in [7, 11) is 0. The molecule has 1 amide bonds. The second-order valence-electron chi connectivity index (χ2n) is 9.72. The van der Waals surface area contributed by atoms with Gasteiger partial charge in [-0.2, -0.15) is 0 Å². The van der Waals surface area contributed by atoms with Gasteiger partial charge in [-0.05, 0) is 41.3 Å². The number of carbonyl (C=O) groups excluding carboxylic acids is 1. The van der Waals surface area contributed by atoms with E-state index < -0.39 is 17.9 Å². The van der Waals surface area contributed by atoms with Crippen LogP contribution in [0.1, 0.15) is 28.4 Å². The Kier molecular flexibility index (Phi) is 8.86. The molecule has 0 saturated heterocycles. The van der Waals surface area contributed by atoms with Gasteiger partial charge in [-0.15, -0.1) is 11.3 Å². The third kappa shape index (κ3) is 7.07. The molecule has 6 nitrogen and oxygen atoms in total. The molecule has 1 unspecified atom stereocenters. The van der Waals surface area contributed by atoms with E-state index in [0.717, 1.165) is 34.1 Å². The summed E-state index contributed by atoms with van der Waals surface area (Å²) in [5.41, 5.74) is 6.69. The van der Waals surface area contributed by atoms with E-state index in [4.69, 9.17) is 4.98 Å². The van der Waals surface area contributed by atoms with Crippen molar-refractivity contribution in [3.63, 3.8) is 0 Å². The highest BCUT2D eigenvalue weighted by atomic mass is 32.1. The number of nitrogens with zero attached hydrogens (tertiary/aromatic N) is 2. The van der Waals surface area contributed by atoms with Crippen molar-refractivity contribution in [2.45, 2.75) is 25.9 Å². The molecule has 1 aromatic heterocycles. The topological polar surface area (TPSA) is 82.5 Å². The van der Waals surface area contributed by atoms with Gasteiger partial charge in [0.15, 0.2) is 5.13 Å². The molecule has 7 heteroatoms. The number of anilines is 1. The van der Waals surface area contributed by atoms with Crippen molar-refractivity contribution in [3.05, 3.63) is 131 Å². The average molecular weight is 562 g/mol. The first-order valence-corrected chi connectivity index (χ1v) is 14.4. The maximum absolute atomic E-state index is 12.8. The zero-order valence-electron chi connectivity index (χ0n) is 22.7. The van der Waals surface area contributed by atoms with E-state index >= 15 is 0 Å². The van der Waals surface area contributed by atoms with Gasteiger partial charge in [0.05, 0.1) is 5.69 Å². The molecule has 1 atom stereocenters. The van der Waals surface area contributed by atoms with Crippen LogP contribution in [0.4, 0.5) is 5.13 Å². The summed E-state index contributed by atoms with van der Waals surface area (Å²) in [4.78, 5) is 31.7. The number of aliphatic carboxylic acids is 1. The van der Waals surface area contributed by atoms with Gasteiger partial charge in [0, 0.05) is 36.0 Å². The second kappa shape index (κ2) is 13.1. The molecule has 0 aliphatic heterocycles. The average Bonchev–Trinajstić information content (AvgIpc) is 3.51. The van der Waals surface area contributed by atoms with E-state index in [1.165, 1.54) is 11.1 Å². The quantitative estimate of drug-likeness (QED) is 0.183. The number of carboxylic acids is 1. The number of hydrogen-bond acceptors (Lipinski definition) is 5. The van der Waals surface area contributed by atoms with Gasteiger partial charge >= 0.3 is 5.97 Å². The van der Waals surface area contributed by atoms with Crippen LogP contribution >= 0.6 is 11.3 Å². The molecule has 0 saturated carbocycles. The van der Waals surface area contributed by atoms with E-state index in [2.05, 4.69) is 58.9 Å². The molecule has 5 rings (SSSR count). The van der Waals surface area contributed by atoms with Crippen LogP contribution in [-0.2, 0) is 17.8 Å². The van der Waals surface area contributed by atoms with Crippen LogP contribution in [0.5, 0.6) is 0 Å². The Balaban J connectivity index is 1.22. The molecule has 0 bridgehead atoms. The number of carbonyl (C=O) groups is 2. The highest BCUT2D eigenvalue weighted by molar-refractivity contribution is 7.14. The Morgan fingerprint density at radius 3 is 2.05 bits per heavy atom. The molecule has 1 heterocycles. The molecular formula is C34H31N3O3S. The van der Waals surface area contributed by atoms with Crippen molar-refractivity contribution in [2.24, 2.45) is 0 Å². The summed E-state index contributed by atoms with van der Waals surface area (Å²) in [6, 6.07) is 34.3. The van der Waals surface area contributed by atoms with Crippen molar-refractivity contribution in [2.75, 3.05) is 11.4 Å². The van der Waals surface area contributed by atoms with E-state index in [9.17, 15) is 14.7 Å². The molecule has 0 fully saturated rings. The smallest absolute Gasteiger partial charge is 0.326 e. The minimum Gasteiger partial charge on any atom is -0.480 e. The summed E-state index contributed by atoms with van der Waals surface area (Å²) < 4.78 is 0. The van der Waals surface area contributed by atoms with Crippen LogP contribution in [0.2, 0.25) is 0 Å². The lowest BCUT2D eigenvalue weighted by atomic mass is 10.0. The van der Waals surface area contributed by atoms with Crippen molar-refractivity contribution >= 4 is 28.3 Å². The standard InChI is InChI=1S/C34H31N3O3S/c1-2-37(34-36-31(23-41-34)28-19-17-27(18-20-28)26-11-7-4-8-12-26)22-25-13-15-29(16-14-25)32(38)35-30(33(39)40)21-24-9-5-3-6-10-24/h3-20,23,30H,2,21-22H2,1H3,(H,35,38)(H,39,40). The minimum atomic E-state index is -1.06. The van der Waals surface area contributed by atoms with Crippen molar-refractivity contribution in [1.82, 2.24) is 10.3 Å². The van der Waals surface area contributed by atoms with E-state index in [-0.39, 0.29) is 6.42 Å². The summed E-state index contributed by atoms with van der Waals surface area (Å²) in [5.74, 6) is -1.47. The Hall–Kier alpha value is -4.75. The number of benzene rings is 4. The fourth-order valence-electron chi connectivity index (χ4n) is 4.59. The zero-order chi connectivity index (χ0) is 28.6. The molecule has 4 aromatic carbocycles. The van der Waals surface area contributed by atoms with Gasteiger partial charge in [0.25, 0.3) is 5.91 Å². The molecule has 5 aromatic rings. The number of thiazole rings is 1. The number of nitrogens with one attached hydrogen (secondary N) is 1. The summed E-state index contributed by atoms with van der Waals surface area (Å²) >= 11 is 1.61. The molecule has 0 spiro atoms. The molecule has 2 N–H and O–H groups in total. The molecule has 41 heavy (non-hydrogen) atoms. The first-order valence-electron chi connectivity index (χ1n) is 13.5. The van der Waals surface area contributed by atoms with Crippen LogP contribution < -0.4 is 10.2 Å². The lowest BCUT2D eigenvalue weighted by molar-refractivity contribution is -0.139. The predicted octanol–water partition coefficient (Wildman–Crippen LogP) is 6.93. The first-order chi connectivity index (χ1) is 20.0. The lowest BCUT2D eigenvalue weighted by Gasteiger charge is -2.20. The summed E-state index contributed by atoms with van der Waals surface area (Å²) in [5, 5.41) is 15.3. The fraction of sp³-hybridized carbons (Fsp3) is 0.147. The molecule has 0 aliphatic rings. The summed E-state index contributed by atoms with van der Waals surface area (Å²) in [6.45, 7) is 3.52. The van der Waals surface area contributed by atoms with Gasteiger partial charge < -0.3 is 15.3 Å². The number of rotatable bonds is 11. The third-order valence-electron chi connectivity index (χ3n) is 6.91. The monoisotopic (exact) mass is 561 g/mol. The van der Waals surface area contributed by atoms with Crippen LogP contribution in [-0.4, -0.2) is 34.6 Å². The Morgan fingerprint density at radius 2 is 1.41 bits per heavy atom. The molecule has 206 valence electrons. The van der Waals surface area contributed by atoms with Crippen LogP contribution in [0.15, 0.2) is 115 Å². The molecular weight excluding hydrogens is 530 g/mol. The number of carboxylic acid groups (broad SMARTS) is 1. The first kappa shape index (κ1) is 27.8. The lowest BCUT2D eigenvalue weighted by Crippen LogP contribution is -2.42. The molecule has 0 aliphatic carbocycles. The third-order valence-corrected chi connectivity index (χ3v) is 7.81.